The van der Waals surface area contributed by atoms with Gasteiger partial charge in [0.05, 0.1) is 18.4 Å². The lowest BCUT2D eigenvalue weighted by Gasteiger charge is -2.10. The standard InChI is InChI=1S/C13H10BF2N2O5S.H2O/c1-23-13(19)8-4-10(16)11(5-9(8)15)18-24(21,22)12-3-2-7(14-20)6-17-12;/h2-6,18,20H,1H3;1H2. The van der Waals surface area contributed by atoms with E-state index in [0.717, 1.165) is 26.9 Å². The van der Waals surface area contributed by atoms with Crippen LogP contribution in [0.5, 0.6) is 0 Å². The molecule has 25 heavy (non-hydrogen) atoms. The zero-order valence-corrected chi connectivity index (χ0v) is 13.5. The molecule has 133 valence electrons. The topological polar surface area (TPSA) is 137 Å². The predicted molar refractivity (Wildman–Crippen MR) is 84.0 cm³/mol. The first-order valence-corrected chi connectivity index (χ1v) is 7.80. The first-order chi connectivity index (χ1) is 11.3. The largest absolute Gasteiger partial charge is 0.465 e. The summed E-state index contributed by atoms with van der Waals surface area (Å²) in [5.74, 6) is -3.42. The molecule has 1 heterocycles. The molecule has 12 heteroatoms. The molecule has 4 N–H and O–H groups in total. The van der Waals surface area contributed by atoms with E-state index in [1.165, 1.54) is 6.07 Å². The minimum absolute atomic E-state index is 0. The maximum absolute atomic E-state index is 13.9. The highest BCUT2D eigenvalue weighted by molar-refractivity contribution is 7.92. The van der Waals surface area contributed by atoms with E-state index in [9.17, 15) is 22.0 Å². The van der Waals surface area contributed by atoms with Gasteiger partial charge < -0.3 is 15.2 Å². The number of halogens is 2. The van der Waals surface area contributed by atoms with Gasteiger partial charge in [0, 0.05) is 12.3 Å². The maximum atomic E-state index is 13.9. The highest BCUT2D eigenvalue weighted by Crippen LogP contribution is 2.22. The van der Waals surface area contributed by atoms with Crippen molar-refractivity contribution < 1.29 is 37.2 Å². The second kappa shape index (κ2) is 8.01. The van der Waals surface area contributed by atoms with E-state index in [0.29, 0.717) is 12.1 Å². The Bertz CT molecular complexity index is 877. The van der Waals surface area contributed by atoms with Crippen molar-refractivity contribution in [1.29, 1.82) is 0 Å². The summed E-state index contributed by atoms with van der Waals surface area (Å²) in [5.41, 5.74) is -1.10. The van der Waals surface area contributed by atoms with E-state index >= 15 is 0 Å². The molecule has 0 amide bonds. The van der Waals surface area contributed by atoms with Gasteiger partial charge in [0.25, 0.3) is 10.0 Å². The van der Waals surface area contributed by atoms with Crippen LogP contribution in [0.15, 0.2) is 35.5 Å². The van der Waals surface area contributed by atoms with Gasteiger partial charge in [-0.2, -0.15) is 8.42 Å². The third kappa shape index (κ3) is 4.50. The molecule has 1 aromatic heterocycles. The summed E-state index contributed by atoms with van der Waals surface area (Å²) in [5, 5.41) is 8.30. The molecule has 2 rings (SSSR count). The third-order valence-corrected chi connectivity index (χ3v) is 4.17. The summed E-state index contributed by atoms with van der Waals surface area (Å²) in [6, 6.07) is 3.38. The van der Waals surface area contributed by atoms with E-state index in [1.54, 1.807) is 0 Å². The molecule has 0 aliphatic rings. The Kier molecular flexibility index (Phi) is 6.56. The Labute approximate surface area is 142 Å². The Morgan fingerprint density at radius 2 is 1.96 bits per heavy atom. The monoisotopic (exact) mass is 373 g/mol. The number of methoxy groups -OCH3 is 1. The number of ether oxygens (including phenoxy) is 1. The number of sulfonamides is 1. The molecule has 0 saturated carbocycles. The lowest BCUT2D eigenvalue weighted by molar-refractivity contribution is 0.0595. The number of carbonyl (C=O) groups excluding carboxylic acids is 1. The van der Waals surface area contributed by atoms with Crippen molar-refractivity contribution in [3.63, 3.8) is 0 Å². The van der Waals surface area contributed by atoms with E-state index in [2.05, 4.69) is 9.72 Å². The summed E-state index contributed by atoms with van der Waals surface area (Å²) >= 11 is 0. The number of rotatable bonds is 5. The zero-order chi connectivity index (χ0) is 17.9. The summed E-state index contributed by atoms with van der Waals surface area (Å²) in [4.78, 5) is 14.9. The van der Waals surface area contributed by atoms with E-state index < -0.39 is 43.9 Å². The Balaban J connectivity index is 0.00000312. The van der Waals surface area contributed by atoms with Crippen molar-refractivity contribution >= 4 is 34.6 Å². The minimum atomic E-state index is -4.30. The van der Waals surface area contributed by atoms with Crippen molar-refractivity contribution in [2.24, 2.45) is 0 Å². The molecule has 1 aromatic carbocycles. The van der Waals surface area contributed by atoms with Crippen molar-refractivity contribution in [1.82, 2.24) is 4.98 Å². The van der Waals surface area contributed by atoms with Gasteiger partial charge in [-0.3, -0.25) is 4.72 Å². The van der Waals surface area contributed by atoms with Crippen LogP contribution in [0.4, 0.5) is 14.5 Å². The van der Waals surface area contributed by atoms with Crippen LogP contribution >= 0.6 is 0 Å². The quantitative estimate of drug-likeness (QED) is 0.528. The highest BCUT2D eigenvalue weighted by atomic mass is 32.2. The van der Waals surface area contributed by atoms with Crippen LogP contribution in [0, 0.1) is 11.6 Å². The first-order valence-electron chi connectivity index (χ1n) is 6.32. The second-order valence-corrected chi connectivity index (χ2v) is 6.10. The van der Waals surface area contributed by atoms with Crippen LogP contribution < -0.4 is 10.2 Å². The third-order valence-electron chi connectivity index (χ3n) is 2.89. The van der Waals surface area contributed by atoms with Crippen molar-refractivity contribution in [2.75, 3.05) is 11.8 Å². The Hall–Kier alpha value is -2.57. The fourth-order valence-corrected chi connectivity index (χ4v) is 2.70. The van der Waals surface area contributed by atoms with Crippen LogP contribution in [0.3, 0.4) is 0 Å². The van der Waals surface area contributed by atoms with Crippen LogP contribution in [-0.2, 0) is 14.8 Å². The number of nitrogens with zero attached hydrogens (tertiary/aromatic N) is 1. The maximum Gasteiger partial charge on any atom is 0.340 e. The summed E-state index contributed by atoms with van der Waals surface area (Å²) in [7, 11) is -2.58. The number of pyridine rings is 1. The molecule has 0 saturated heterocycles. The minimum Gasteiger partial charge on any atom is -0.465 e. The number of esters is 1. The average molecular weight is 373 g/mol. The molecular weight excluding hydrogens is 361 g/mol. The summed E-state index contributed by atoms with van der Waals surface area (Å²) < 4.78 is 58.1. The zero-order valence-electron chi connectivity index (χ0n) is 12.7. The number of carbonyl (C=O) groups is 1. The number of benzene rings is 1. The molecule has 1 radical (unpaired) electrons. The van der Waals surface area contributed by atoms with Gasteiger partial charge in [-0.05, 0) is 17.6 Å². The molecule has 0 spiro atoms. The number of anilines is 1. The molecular formula is C13H12BF2N2O6S. The number of hydrogen-bond acceptors (Lipinski definition) is 6. The average Bonchev–Trinajstić information content (AvgIpc) is 2.57. The lowest BCUT2D eigenvalue weighted by Crippen LogP contribution is -2.19. The Morgan fingerprint density at radius 1 is 1.28 bits per heavy atom. The Morgan fingerprint density at radius 3 is 2.48 bits per heavy atom. The number of nitrogens with one attached hydrogen (secondary N) is 1. The molecule has 0 aliphatic carbocycles. The first kappa shape index (κ1) is 20.5. The summed E-state index contributed by atoms with van der Waals surface area (Å²) in [6.45, 7) is 0. The molecule has 2 aromatic rings. The van der Waals surface area contributed by atoms with Gasteiger partial charge in [-0.25, -0.2) is 18.6 Å². The van der Waals surface area contributed by atoms with Gasteiger partial charge in [0.15, 0.2) is 5.03 Å². The van der Waals surface area contributed by atoms with Crippen molar-refractivity contribution in [3.05, 3.63) is 47.7 Å². The number of aromatic nitrogens is 1. The predicted octanol–water partition coefficient (Wildman–Crippen LogP) is -0.641. The van der Waals surface area contributed by atoms with E-state index in [1.807, 2.05) is 4.72 Å². The molecule has 0 bridgehead atoms. The molecule has 0 aliphatic heterocycles. The highest BCUT2D eigenvalue weighted by Gasteiger charge is 2.21. The van der Waals surface area contributed by atoms with Crippen LogP contribution in [-0.4, -0.2) is 44.5 Å². The van der Waals surface area contributed by atoms with Gasteiger partial charge in [-0.1, -0.05) is 6.07 Å². The van der Waals surface area contributed by atoms with Gasteiger partial charge in [0.2, 0.25) is 0 Å². The van der Waals surface area contributed by atoms with Gasteiger partial charge >= 0.3 is 13.5 Å². The van der Waals surface area contributed by atoms with Crippen LogP contribution in [0.2, 0.25) is 0 Å². The smallest absolute Gasteiger partial charge is 0.340 e. The van der Waals surface area contributed by atoms with Crippen LogP contribution in [0.1, 0.15) is 10.4 Å². The van der Waals surface area contributed by atoms with Crippen molar-refractivity contribution in [3.8, 4) is 0 Å². The molecule has 0 atom stereocenters. The SMILES string of the molecule is COC(=O)c1cc(F)c(NS(=O)(=O)c2ccc([B]O)cn2)cc1F.O. The normalized spacial score (nSPS) is 10.6. The van der Waals surface area contributed by atoms with Crippen LogP contribution in [0.25, 0.3) is 0 Å². The van der Waals surface area contributed by atoms with Gasteiger partial charge in [0.1, 0.15) is 11.6 Å². The van der Waals surface area contributed by atoms with Crippen molar-refractivity contribution in [2.45, 2.75) is 5.03 Å². The fourth-order valence-electron chi connectivity index (χ4n) is 1.72. The number of hydrogen-bond donors (Lipinski definition) is 2. The van der Waals surface area contributed by atoms with E-state index in [4.69, 9.17) is 5.02 Å². The molecule has 0 fully saturated rings. The summed E-state index contributed by atoms with van der Waals surface area (Å²) in [6.07, 6.45) is 1.08. The fraction of sp³-hybridized carbons (Fsp3) is 0.0769. The van der Waals surface area contributed by atoms with E-state index in [-0.39, 0.29) is 10.9 Å². The lowest BCUT2D eigenvalue weighted by atomic mass is 9.91. The second-order valence-electron chi connectivity index (χ2n) is 4.47. The molecule has 8 nitrogen and oxygen atoms in total. The van der Waals surface area contributed by atoms with Gasteiger partial charge in [-0.15, -0.1) is 0 Å². The molecule has 0 unspecified atom stereocenters.